The molecule has 5 aliphatic rings. The van der Waals surface area contributed by atoms with Crippen molar-refractivity contribution in [3.8, 4) is 0 Å². The fraction of sp³-hybridized carbons (Fsp3) is 0.900. The molecule has 33 heavy (non-hydrogen) atoms. The Kier molecular flexibility index (Phi) is 4.92. The zero-order chi connectivity index (χ0) is 24.4. The predicted molar refractivity (Wildman–Crippen MR) is 132 cm³/mol. The van der Waals surface area contributed by atoms with E-state index in [1.807, 2.05) is 0 Å². The van der Waals surface area contributed by atoms with Crippen LogP contribution in [-0.4, -0.2) is 28.2 Å². The molecule has 0 aromatic carbocycles. The first-order valence-electron chi connectivity index (χ1n) is 13.6. The molecule has 0 spiro atoms. The van der Waals surface area contributed by atoms with Crippen molar-refractivity contribution in [2.75, 3.05) is 0 Å². The molecular weight excluding hydrogens is 408 g/mol. The average molecular weight is 457 g/mol. The van der Waals surface area contributed by atoms with E-state index in [-0.39, 0.29) is 44.5 Å². The average Bonchev–Trinajstić information content (AvgIpc) is 2.69. The van der Waals surface area contributed by atoms with Gasteiger partial charge in [0.15, 0.2) is 0 Å². The van der Waals surface area contributed by atoms with Gasteiger partial charge in [-0.15, -0.1) is 0 Å². The summed E-state index contributed by atoms with van der Waals surface area (Å²) >= 11 is 0. The van der Waals surface area contributed by atoms with E-state index < -0.39 is 6.10 Å². The first-order chi connectivity index (χ1) is 15.0. The summed E-state index contributed by atoms with van der Waals surface area (Å²) in [7, 11) is 0. The molecule has 0 aromatic heterocycles. The standard InChI is InChI=1S/C30H48O3/c1-25(2)16-19-18-15-20(31)24-28(6)11-10-22(32)26(3,4)21(28)9-12-30(24,8)29(18,7)14-13-27(19,5)17-23(25)33/h15,19-21,23-24,31,33H,9-14,16-17H2,1-8H3/t19-,20+,21?,23+,24-,27+,28+,29-,30-/m1/s1. The van der Waals surface area contributed by atoms with E-state index in [0.717, 1.165) is 44.9 Å². The number of carbonyl (C=O) groups excluding carboxylic acids is 1. The van der Waals surface area contributed by atoms with Gasteiger partial charge in [-0.3, -0.25) is 4.79 Å². The molecule has 0 amide bonds. The van der Waals surface area contributed by atoms with E-state index in [2.05, 4.69) is 61.5 Å². The minimum Gasteiger partial charge on any atom is -0.393 e. The highest BCUT2D eigenvalue weighted by Crippen LogP contribution is 2.75. The SMILES string of the molecule is CC1(C)C(=O)CC[C@@]2(C)C1CC[C@]1(C)[C@@H]2[C@@H](O)C=C2[C@H]3CC(C)(C)[C@@H](O)C[C@]3(C)CC[C@]21C. The van der Waals surface area contributed by atoms with Crippen LogP contribution in [0, 0.1) is 50.2 Å². The number of carbonyl (C=O) groups is 1. The van der Waals surface area contributed by atoms with Crippen LogP contribution in [-0.2, 0) is 4.79 Å². The number of aliphatic hydroxyl groups is 2. The van der Waals surface area contributed by atoms with Crippen LogP contribution in [0.25, 0.3) is 0 Å². The third-order valence-corrected chi connectivity index (χ3v) is 12.9. The van der Waals surface area contributed by atoms with Gasteiger partial charge >= 0.3 is 0 Å². The van der Waals surface area contributed by atoms with Gasteiger partial charge in [-0.2, -0.15) is 0 Å². The van der Waals surface area contributed by atoms with Gasteiger partial charge < -0.3 is 10.2 Å². The number of ketones is 1. The second-order valence-electron chi connectivity index (χ2n) is 15.2. The summed E-state index contributed by atoms with van der Waals surface area (Å²) in [5.41, 5.74) is 1.30. The van der Waals surface area contributed by atoms with Crippen LogP contribution in [0.4, 0.5) is 0 Å². The lowest BCUT2D eigenvalue weighted by Gasteiger charge is -2.71. The molecule has 0 bridgehead atoms. The lowest BCUT2D eigenvalue weighted by atomic mass is 9.33. The normalized spacial score (nSPS) is 54.9. The van der Waals surface area contributed by atoms with E-state index in [9.17, 15) is 15.0 Å². The van der Waals surface area contributed by atoms with Gasteiger partial charge in [0.05, 0.1) is 12.2 Å². The molecule has 3 heteroatoms. The van der Waals surface area contributed by atoms with Gasteiger partial charge in [0, 0.05) is 17.8 Å². The van der Waals surface area contributed by atoms with E-state index in [1.165, 1.54) is 5.57 Å². The maximum Gasteiger partial charge on any atom is 0.138 e. The molecular formula is C30H48O3. The van der Waals surface area contributed by atoms with Crippen LogP contribution in [0.3, 0.4) is 0 Å². The lowest BCUT2D eigenvalue weighted by molar-refractivity contribution is -0.208. The van der Waals surface area contributed by atoms with Gasteiger partial charge in [-0.05, 0) is 83.9 Å². The maximum absolute atomic E-state index is 12.9. The second-order valence-corrected chi connectivity index (χ2v) is 15.2. The quantitative estimate of drug-likeness (QED) is 0.419. The van der Waals surface area contributed by atoms with Gasteiger partial charge in [0.2, 0.25) is 0 Å². The van der Waals surface area contributed by atoms with Crippen LogP contribution >= 0.6 is 0 Å². The van der Waals surface area contributed by atoms with Crippen LogP contribution in [0.5, 0.6) is 0 Å². The minimum absolute atomic E-state index is 0.0162. The molecule has 9 atom stereocenters. The Bertz CT molecular complexity index is 900. The molecule has 0 saturated heterocycles. The Morgan fingerprint density at radius 1 is 0.879 bits per heavy atom. The first kappa shape index (κ1) is 24.0. The fourth-order valence-corrected chi connectivity index (χ4v) is 10.5. The summed E-state index contributed by atoms with van der Waals surface area (Å²) in [6.07, 6.45) is 9.49. The highest BCUT2D eigenvalue weighted by atomic mass is 16.3. The summed E-state index contributed by atoms with van der Waals surface area (Å²) in [6, 6.07) is 0. The fourth-order valence-electron chi connectivity index (χ4n) is 10.5. The molecule has 5 rings (SSSR count). The van der Waals surface area contributed by atoms with Crippen molar-refractivity contribution in [2.24, 2.45) is 50.2 Å². The lowest BCUT2D eigenvalue weighted by Crippen LogP contribution is -2.67. The topological polar surface area (TPSA) is 57.5 Å². The number of rotatable bonds is 0. The van der Waals surface area contributed by atoms with E-state index in [4.69, 9.17) is 0 Å². The number of fused-ring (bicyclic) bond motifs is 7. The van der Waals surface area contributed by atoms with Crippen molar-refractivity contribution in [1.29, 1.82) is 0 Å². The zero-order valence-corrected chi connectivity index (χ0v) is 22.4. The maximum atomic E-state index is 12.9. The molecule has 1 unspecified atom stereocenters. The number of Topliss-reactive ketones (excluding diaryl/α,β-unsaturated/α-hetero) is 1. The second kappa shape index (κ2) is 6.75. The van der Waals surface area contributed by atoms with Crippen molar-refractivity contribution in [3.63, 3.8) is 0 Å². The van der Waals surface area contributed by atoms with Crippen molar-refractivity contribution >= 4 is 5.78 Å². The largest absolute Gasteiger partial charge is 0.393 e. The summed E-state index contributed by atoms with van der Waals surface area (Å²) in [4.78, 5) is 12.9. The Balaban J connectivity index is 1.62. The van der Waals surface area contributed by atoms with E-state index >= 15 is 0 Å². The first-order valence-corrected chi connectivity index (χ1v) is 13.6. The van der Waals surface area contributed by atoms with Crippen LogP contribution in [0.15, 0.2) is 11.6 Å². The van der Waals surface area contributed by atoms with Crippen molar-refractivity contribution < 1.29 is 15.0 Å². The molecule has 4 fully saturated rings. The van der Waals surface area contributed by atoms with E-state index in [1.54, 1.807) is 0 Å². The molecule has 0 aromatic rings. The Labute approximate surface area is 201 Å². The van der Waals surface area contributed by atoms with Crippen LogP contribution in [0.1, 0.15) is 107 Å². The summed E-state index contributed by atoms with van der Waals surface area (Å²) in [5, 5.41) is 22.8. The van der Waals surface area contributed by atoms with Gasteiger partial charge in [-0.1, -0.05) is 67.0 Å². The third-order valence-electron chi connectivity index (χ3n) is 12.9. The molecule has 0 aliphatic heterocycles. The molecule has 0 heterocycles. The summed E-state index contributed by atoms with van der Waals surface area (Å²) in [6.45, 7) is 18.6. The number of hydrogen-bond acceptors (Lipinski definition) is 3. The smallest absolute Gasteiger partial charge is 0.138 e. The molecule has 4 saturated carbocycles. The molecule has 3 nitrogen and oxygen atoms in total. The summed E-state index contributed by atoms with van der Waals surface area (Å²) < 4.78 is 0. The highest BCUT2D eigenvalue weighted by Gasteiger charge is 2.70. The Hall–Kier alpha value is -0.670. The van der Waals surface area contributed by atoms with Crippen molar-refractivity contribution in [3.05, 3.63) is 11.6 Å². The predicted octanol–water partition coefficient (Wildman–Crippen LogP) is 6.32. The Morgan fingerprint density at radius 3 is 2.21 bits per heavy atom. The third kappa shape index (κ3) is 2.85. The molecule has 0 radical (unpaired) electrons. The Morgan fingerprint density at radius 2 is 1.55 bits per heavy atom. The molecule has 2 N–H and O–H groups in total. The zero-order valence-electron chi connectivity index (χ0n) is 22.4. The van der Waals surface area contributed by atoms with Crippen LogP contribution < -0.4 is 0 Å². The van der Waals surface area contributed by atoms with Crippen LogP contribution in [0.2, 0.25) is 0 Å². The number of aliphatic hydroxyl groups excluding tert-OH is 2. The van der Waals surface area contributed by atoms with Gasteiger partial charge in [0.25, 0.3) is 0 Å². The molecule has 186 valence electrons. The number of allylic oxidation sites excluding steroid dienone is 1. The van der Waals surface area contributed by atoms with Crippen molar-refractivity contribution in [1.82, 2.24) is 0 Å². The molecule has 5 aliphatic carbocycles. The minimum atomic E-state index is -0.452. The van der Waals surface area contributed by atoms with Gasteiger partial charge in [0.1, 0.15) is 5.78 Å². The highest BCUT2D eigenvalue weighted by molar-refractivity contribution is 5.85. The number of hydrogen-bond donors (Lipinski definition) is 2. The van der Waals surface area contributed by atoms with Crippen molar-refractivity contribution in [2.45, 2.75) is 119 Å². The van der Waals surface area contributed by atoms with E-state index in [0.29, 0.717) is 24.0 Å². The monoisotopic (exact) mass is 456 g/mol. The van der Waals surface area contributed by atoms with Gasteiger partial charge in [-0.25, -0.2) is 0 Å². The summed E-state index contributed by atoms with van der Waals surface area (Å²) in [5.74, 6) is 1.38.